The van der Waals surface area contributed by atoms with Crippen LogP contribution in [0.15, 0.2) is 48.5 Å². The van der Waals surface area contributed by atoms with Gasteiger partial charge in [-0.3, -0.25) is 0 Å². The number of ether oxygens (including phenoxy) is 1. The number of anilines is 1. The van der Waals surface area contributed by atoms with Gasteiger partial charge >= 0.3 is 5.97 Å². The number of hydrogen-bond donors (Lipinski definition) is 1. The molecule has 0 saturated carbocycles. The van der Waals surface area contributed by atoms with E-state index in [1.54, 1.807) is 6.07 Å². The zero-order chi connectivity index (χ0) is 15.2. The van der Waals surface area contributed by atoms with Crippen LogP contribution in [-0.2, 0) is 11.3 Å². The molecule has 0 radical (unpaired) electrons. The second-order valence-electron chi connectivity index (χ2n) is 5.28. The van der Waals surface area contributed by atoms with Crippen LogP contribution in [0.25, 0.3) is 0 Å². The lowest BCUT2D eigenvalue weighted by Gasteiger charge is -2.11. The fourth-order valence-electron chi connectivity index (χ4n) is 2.17. The lowest BCUT2D eigenvalue weighted by molar-refractivity contribution is 0.0599. The van der Waals surface area contributed by atoms with E-state index in [2.05, 4.69) is 43.4 Å². The van der Waals surface area contributed by atoms with Crippen LogP contribution in [0.4, 0.5) is 5.69 Å². The van der Waals surface area contributed by atoms with Crippen LogP contribution in [0.3, 0.4) is 0 Å². The lowest BCUT2D eigenvalue weighted by atomic mass is 10.0. The second kappa shape index (κ2) is 6.93. The minimum atomic E-state index is -0.303. The summed E-state index contributed by atoms with van der Waals surface area (Å²) in [5.74, 6) is 0.224. The van der Waals surface area contributed by atoms with E-state index in [9.17, 15) is 4.79 Å². The van der Waals surface area contributed by atoms with Gasteiger partial charge < -0.3 is 10.1 Å². The molecule has 0 saturated heterocycles. The van der Waals surface area contributed by atoms with Crippen LogP contribution in [0.5, 0.6) is 0 Å². The molecule has 0 aromatic heterocycles. The molecule has 2 rings (SSSR count). The van der Waals surface area contributed by atoms with Gasteiger partial charge in [-0.2, -0.15) is 0 Å². The molecular weight excluding hydrogens is 262 g/mol. The molecule has 0 spiro atoms. The number of carbonyl (C=O) groups is 1. The Kier molecular flexibility index (Phi) is 4.99. The van der Waals surface area contributed by atoms with E-state index in [-0.39, 0.29) is 5.97 Å². The monoisotopic (exact) mass is 283 g/mol. The molecule has 0 atom stereocenters. The summed E-state index contributed by atoms with van der Waals surface area (Å²) in [7, 11) is 1.40. The number of esters is 1. The highest BCUT2D eigenvalue weighted by molar-refractivity contribution is 5.91. The van der Waals surface area contributed by atoms with Crippen molar-refractivity contribution in [3.05, 3.63) is 65.2 Å². The van der Waals surface area contributed by atoms with Crippen molar-refractivity contribution in [2.45, 2.75) is 26.3 Å². The highest BCUT2D eigenvalue weighted by Crippen LogP contribution is 2.18. The quantitative estimate of drug-likeness (QED) is 0.835. The maximum absolute atomic E-state index is 11.7. The SMILES string of the molecule is COC(=O)c1ccccc1CNc1ccc(C(C)C)cc1. The normalized spacial score (nSPS) is 10.5. The fraction of sp³-hybridized carbons (Fsp3) is 0.278. The van der Waals surface area contributed by atoms with Crippen molar-refractivity contribution in [3.63, 3.8) is 0 Å². The Labute approximate surface area is 126 Å². The first-order valence-corrected chi connectivity index (χ1v) is 7.12. The molecule has 21 heavy (non-hydrogen) atoms. The Bertz CT molecular complexity index is 603. The fourth-order valence-corrected chi connectivity index (χ4v) is 2.17. The third-order valence-electron chi connectivity index (χ3n) is 3.48. The highest BCUT2D eigenvalue weighted by Gasteiger charge is 2.10. The summed E-state index contributed by atoms with van der Waals surface area (Å²) in [6.07, 6.45) is 0. The van der Waals surface area contributed by atoms with Crippen molar-refractivity contribution in [3.8, 4) is 0 Å². The molecule has 0 heterocycles. The third-order valence-corrected chi connectivity index (χ3v) is 3.48. The number of rotatable bonds is 5. The maximum atomic E-state index is 11.7. The molecule has 0 unspecified atom stereocenters. The van der Waals surface area contributed by atoms with Crippen molar-refractivity contribution < 1.29 is 9.53 Å². The largest absolute Gasteiger partial charge is 0.465 e. The van der Waals surface area contributed by atoms with Gasteiger partial charge in [0.1, 0.15) is 0 Å². The summed E-state index contributed by atoms with van der Waals surface area (Å²) in [4.78, 5) is 11.7. The van der Waals surface area contributed by atoms with Gasteiger partial charge in [-0.1, -0.05) is 44.2 Å². The van der Waals surface area contributed by atoms with Crippen molar-refractivity contribution in [2.75, 3.05) is 12.4 Å². The highest BCUT2D eigenvalue weighted by atomic mass is 16.5. The molecule has 3 heteroatoms. The van der Waals surface area contributed by atoms with Crippen molar-refractivity contribution >= 4 is 11.7 Å². The number of hydrogen-bond acceptors (Lipinski definition) is 3. The van der Waals surface area contributed by atoms with Crippen LogP contribution in [0, 0.1) is 0 Å². The second-order valence-corrected chi connectivity index (χ2v) is 5.28. The number of carbonyl (C=O) groups excluding carboxylic acids is 1. The molecule has 0 aliphatic heterocycles. The molecule has 3 nitrogen and oxygen atoms in total. The number of methoxy groups -OCH3 is 1. The molecule has 0 fully saturated rings. The molecule has 2 aromatic carbocycles. The average Bonchev–Trinajstić information content (AvgIpc) is 2.52. The zero-order valence-electron chi connectivity index (χ0n) is 12.7. The minimum Gasteiger partial charge on any atom is -0.465 e. The minimum absolute atomic E-state index is 0.303. The first-order valence-electron chi connectivity index (χ1n) is 7.12. The first-order chi connectivity index (χ1) is 10.1. The Morgan fingerprint density at radius 2 is 1.76 bits per heavy atom. The number of benzene rings is 2. The summed E-state index contributed by atoms with van der Waals surface area (Å²) in [5.41, 5.74) is 3.89. The Hall–Kier alpha value is -2.29. The van der Waals surface area contributed by atoms with Crippen molar-refractivity contribution in [2.24, 2.45) is 0 Å². The Morgan fingerprint density at radius 1 is 1.10 bits per heavy atom. The van der Waals surface area contributed by atoms with Gasteiger partial charge in [-0.05, 0) is 35.2 Å². The molecule has 1 N–H and O–H groups in total. The van der Waals surface area contributed by atoms with Gasteiger partial charge in [0.25, 0.3) is 0 Å². The average molecular weight is 283 g/mol. The number of nitrogens with one attached hydrogen (secondary N) is 1. The van der Waals surface area contributed by atoms with E-state index in [1.807, 2.05) is 18.2 Å². The van der Waals surface area contributed by atoms with Crippen LogP contribution < -0.4 is 5.32 Å². The lowest BCUT2D eigenvalue weighted by Crippen LogP contribution is -2.09. The van der Waals surface area contributed by atoms with Crippen LogP contribution in [-0.4, -0.2) is 13.1 Å². The van der Waals surface area contributed by atoms with Gasteiger partial charge in [-0.15, -0.1) is 0 Å². The van der Waals surface area contributed by atoms with E-state index in [0.717, 1.165) is 11.3 Å². The summed E-state index contributed by atoms with van der Waals surface area (Å²) >= 11 is 0. The van der Waals surface area contributed by atoms with E-state index in [0.29, 0.717) is 18.0 Å². The molecule has 110 valence electrons. The van der Waals surface area contributed by atoms with Crippen molar-refractivity contribution in [1.29, 1.82) is 0 Å². The Morgan fingerprint density at radius 3 is 2.38 bits per heavy atom. The van der Waals surface area contributed by atoms with Gasteiger partial charge in [0.05, 0.1) is 12.7 Å². The maximum Gasteiger partial charge on any atom is 0.338 e. The van der Waals surface area contributed by atoms with E-state index < -0.39 is 0 Å². The van der Waals surface area contributed by atoms with E-state index >= 15 is 0 Å². The van der Waals surface area contributed by atoms with Gasteiger partial charge in [-0.25, -0.2) is 4.79 Å². The van der Waals surface area contributed by atoms with E-state index in [4.69, 9.17) is 4.74 Å². The summed E-state index contributed by atoms with van der Waals surface area (Å²) in [5, 5.41) is 3.34. The van der Waals surface area contributed by atoms with E-state index in [1.165, 1.54) is 12.7 Å². The molecular formula is C18H21NO2. The van der Waals surface area contributed by atoms with Gasteiger partial charge in [0.15, 0.2) is 0 Å². The predicted octanol–water partition coefficient (Wildman–Crippen LogP) is 4.21. The van der Waals surface area contributed by atoms with Crippen LogP contribution >= 0.6 is 0 Å². The standard InChI is InChI=1S/C18H21NO2/c1-13(2)14-8-10-16(11-9-14)19-12-15-6-4-5-7-17(15)18(20)21-3/h4-11,13,19H,12H2,1-3H3. The predicted molar refractivity (Wildman–Crippen MR) is 85.6 cm³/mol. The molecule has 0 aliphatic carbocycles. The summed E-state index contributed by atoms with van der Waals surface area (Å²) in [6, 6.07) is 15.9. The van der Waals surface area contributed by atoms with Crippen LogP contribution in [0.2, 0.25) is 0 Å². The van der Waals surface area contributed by atoms with Gasteiger partial charge in [0, 0.05) is 12.2 Å². The first kappa shape index (κ1) is 15.1. The Balaban J connectivity index is 2.08. The zero-order valence-corrected chi connectivity index (χ0v) is 12.7. The summed E-state index contributed by atoms with van der Waals surface area (Å²) in [6.45, 7) is 4.94. The van der Waals surface area contributed by atoms with Crippen molar-refractivity contribution in [1.82, 2.24) is 0 Å². The smallest absolute Gasteiger partial charge is 0.338 e. The third kappa shape index (κ3) is 3.85. The molecule has 2 aromatic rings. The molecule has 0 amide bonds. The topological polar surface area (TPSA) is 38.3 Å². The van der Waals surface area contributed by atoms with Crippen LogP contribution in [0.1, 0.15) is 41.3 Å². The molecule has 0 bridgehead atoms. The molecule has 0 aliphatic rings. The van der Waals surface area contributed by atoms with Gasteiger partial charge in [0.2, 0.25) is 0 Å². The summed E-state index contributed by atoms with van der Waals surface area (Å²) < 4.78 is 4.80.